The van der Waals surface area contributed by atoms with E-state index in [1.807, 2.05) is 60.7 Å². The lowest BCUT2D eigenvalue weighted by Gasteiger charge is -2.15. The second kappa shape index (κ2) is 6.55. The Bertz CT molecular complexity index is 717. The zero-order chi connectivity index (χ0) is 15.4. The first kappa shape index (κ1) is 14.5. The number of hydrogen-bond donors (Lipinski definition) is 2. The molecular formula is C16H16BN3O2. The molecular weight excluding hydrogens is 277 g/mol. The van der Waals surface area contributed by atoms with Crippen LogP contribution in [0, 0.1) is 0 Å². The average Bonchev–Trinajstić information content (AvgIpc) is 3.04. The van der Waals surface area contributed by atoms with Gasteiger partial charge in [0.25, 0.3) is 0 Å². The average molecular weight is 293 g/mol. The highest BCUT2D eigenvalue weighted by Gasteiger charge is 2.27. The van der Waals surface area contributed by atoms with Crippen LogP contribution in [-0.2, 0) is 6.42 Å². The fraction of sp³-hybridized carbons (Fsp3) is 0.125. The Kier molecular flexibility index (Phi) is 4.32. The zero-order valence-electron chi connectivity index (χ0n) is 11.9. The van der Waals surface area contributed by atoms with Crippen molar-refractivity contribution in [3.63, 3.8) is 0 Å². The quantitative estimate of drug-likeness (QED) is 0.703. The van der Waals surface area contributed by atoms with Gasteiger partial charge >= 0.3 is 7.12 Å². The maximum atomic E-state index is 9.67. The van der Waals surface area contributed by atoms with Gasteiger partial charge in [-0.05, 0) is 12.0 Å². The fourth-order valence-corrected chi connectivity index (χ4v) is 2.37. The minimum atomic E-state index is -1.51. The molecule has 0 aliphatic heterocycles. The smallest absolute Gasteiger partial charge is 0.426 e. The van der Waals surface area contributed by atoms with E-state index >= 15 is 0 Å². The van der Waals surface area contributed by atoms with Crippen molar-refractivity contribution in [3.8, 4) is 11.3 Å². The van der Waals surface area contributed by atoms with E-state index in [1.54, 1.807) is 6.20 Å². The molecule has 0 fully saturated rings. The zero-order valence-corrected chi connectivity index (χ0v) is 11.9. The lowest BCUT2D eigenvalue weighted by atomic mass is 9.76. The summed E-state index contributed by atoms with van der Waals surface area (Å²) in [6, 6.07) is 19.3. The SMILES string of the molecule is OB(O)C(Cc1ccccc1)n1cc(-c2ccccc2)nn1. The summed E-state index contributed by atoms with van der Waals surface area (Å²) in [6.45, 7) is 0. The summed E-state index contributed by atoms with van der Waals surface area (Å²) in [5, 5.41) is 27.5. The number of benzene rings is 2. The van der Waals surface area contributed by atoms with Crippen LogP contribution in [0.15, 0.2) is 66.9 Å². The highest BCUT2D eigenvalue weighted by atomic mass is 16.4. The van der Waals surface area contributed by atoms with Gasteiger partial charge in [0.1, 0.15) is 5.69 Å². The van der Waals surface area contributed by atoms with Gasteiger partial charge in [-0.1, -0.05) is 65.9 Å². The molecule has 0 bridgehead atoms. The van der Waals surface area contributed by atoms with Crippen molar-refractivity contribution in [1.29, 1.82) is 0 Å². The van der Waals surface area contributed by atoms with Crippen LogP contribution in [0.5, 0.6) is 0 Å². The van der Waals surface area contributed by atoms with E-state index in [0.29, 0.717) is 12.1 Å². The van der Waals surface area contributed by atoms with Gasteiger partial charge in [0.05, 0.1) is 12.1 Å². The maximum absolute atomic E-state index is 9.67. The molecule has 0 spiro atoms. The normalized spacial score (nSPS) is 12.1. The Labute approximate surface area is 129 Å². The Morgan fingerprint density at radius 1 is 0.955 bits per heavy atom. The van der Waals surface area contributed by atoms with Crippen molar-refractivity contribution in [2.75, 3.05) is 0 Å². The lowest BCUT2D eigenvalue weighted by molar-refractivity contribution is 0.348. The third-order valence-corrected chi connectivity index (χ3v) is 3.55. The molecule has 0 amide bonds. The molecule has 1 unspecified atom stereocenters. The lowest BCUT2D eigenvalue weighted by Crippen LogP contribution is -2.31. The van der Waals surface area contributed by atoms with Crippen molar-refractivity contribution in [1.82, 2.24) is 15.0 Å². The van der Waals surface area contributed by atoms with Gasteiger partial charge in [0.15, 0.2) is 0 Å². The Morgan fingerprint density at radius 2 is 1.59 bits per heavy atom. The van der Waals surface area contributed by atoms with Gasteiger partial charge in [-0.3, -0.25) is 4.68 Å². The van der Waals surface area contributed by atoms with Crippen molar-refractivity contribution in [2.24, 2.45) is 0 Å². The molecule has 0 aliphatic rings. The summed E-state index contributed by atoms with van der Waals surface area (Å²) in [5.74, 6) is -0.577. The minimum absolute atomic E-state index is 0.468. The van der Waals surface area contributed by atoms with E-state index in [-0.39, 0.29) is 0 Å². The van der Waals surface area contributed by atoms with Gasteiger partial charge < -0.3 is 10.0 Å². The highest BCUT2D eigenvalue weighted by Crippen LogP contribution is 2.19. The first-order valence-corrected chi connectivity index (χ1v) is 7.11. The molecule has 3 rings (SSSR count). The standard InChI is InChI=1S/C16H16BN3O2/c21-17(22)16(11-13-7-3-1-4-8-13)20-12-15(18-19-20)14-9-5-2-6-10-14/h1-10,12,16,21-22H,11H2. The predicted octanol–water partition coefficient (Wildman–Crippen LogP) is 1.74. The molecule has 0 saturated carbocycles. The first-order valence-electron chi connectivity index (χ1n) is 7.11. The highest BCUT2D eigenvalue weighted by molar-refractivity contribution is 6.42. The molecule has 5 nitrogen and oxygen atoms in total. The summed E-state index contributed by atoms with van der Waals surface area (Å²) < 4.78 is 1.51. The van der Waals surface area contributed by atoms with Crippen LogP contribution >= 0.6 is 0 Å². The second-order valence-corrected chi connectivity index (χ2v) is 5.12. The van der Waals surface area contributed by atoms with Crippen LogP contribution in [0.25, 0.3) is 11.3 Å². The first-order chi connectivity index (χ1) is 10.7. The van der Waals surface area contributed by atoms with Crippen LogP contribution in [-0.4, -0.2) is 32.2 Å². The van der Waals surface area contributed by atoms with E-state index in [1.165, 1.54) is 4.68 Å². The van der Waals surface area contributed by atoms with E-state index in [4.69, 9.17) is 0 Å². The van der Waals surface area contributed by atoms with Crippen LogP contribution in [0.1, 0.15) is 11.5 Å². The molecule has 3 aromatic rings. The number of rotatable bonds is 5. The topological polar surface area (TPSA) is 71.2 Å². The van der Waals surface area contributed by atoms with Gasteiger partial charge in [-0.2, -0.15) is 0 Å². The van der Waals surface area contributed by atoms with Gasteiger partial charge in [-0.15, -0.1) is 5.10 Å². The summed E-state index contributed by atoms with van der Waals surface area (Å²) in [7, 11) is -1.51. The van der Waals surface area contributed by atoms with Gasteiger partial charge in [0, 0.05) is 5.56 Å². The van der Waals surface area contributed by atoms with E-state index < -0.39 is 13.1 Å². The second-order valence-electron chi connectivity index (χ2n) is 5.12. The Hall–Kier alpha value is -2.44. The number of hydrogen-bond acceptors (Lipinski definition) is 4. The Balaban J connectivity index is 1.85. The van der Waals surface area contributed by atoms with E-state index in [2.05, 4.69) is 10.3 Å². The van der Waals surface area contributed by atoms with Gasteiger partial charge in [-0.25, -0.2) is 0 Å². The van der Waals surface area contributed by atoms with E-state index in [9.17, 15) is 10.0 Å². The largest absolute Gasteiger partial charge is 0.478 e. The molecule has 0 aliphatic carbocycles. The molecule has 110 valence electrons. The molecule has 1 atom stereocenters. The van der Waals surface area contributed by atoms with E-state index in [0.717, 1.165) is 11.1 Å². The van der Waals surface area contributed by atoms with Crippen LogP contribution in [0.2, 0.25) is 0 Å². The summed E-state index contributed by atoms with van der Waals surface area (Å²) in [6.07, 6.45) is 2.21. The third-order valence-electron chi connectivity index (χ3n) is 3.55. The van der Waals surface area contributed by atoms with Crippen molar-refractivity contribution in [2.45, 2.75) is 12.4 Å². The van der Waals surface area contributed by atoms with Gasteiger partial charge in [0.2, 0.25) is 0 Å². The molecule has 6 heteroatoms. The molecule has 0 radical (unpaired) electrons. The van der Waals surface area contributed by atoms with Crippen LogP contribution in [0.3, 0.4) is 0 Å². The Morgan fingerprint density at radius 3 is 2.23 bits per heavy atom. The van der Waals surface area contributed by atoms with Crippen molar-refractivity contribution >= 4 is 7.12 Å². The fourth-order valence-electron chi connectivity index (χ4n) is 2.37. The number of aromatic nitrogens is 3. The minimum Gasteiger partial charge on any atom is -0.426 e. The summed E-state index contributed by atoms with van der Waals surface area (Å²) >= 11 is 0. The van der Waals surface area contributed by atoms with Crippen LogP contribution < -0.4 is 0 Å². The molecule has 2 N–H and O–H groups in total. The third kappa shape index (κ3) is 3.24. The summed E-state index contributed by atoms with van der Waals surface area (Å²) in [4.78, 5) is 0. The van der Waals surface area contributed by atoms with Crippen molar-refractivity contribution < 1.29 is 10.0 Å². The van der Waals surface area contributed by atoms with Crippen molar-refractivity contribution in [3.05, 3.63) is 72.4 Å². The summed E-state index contributed by atoms with van der Waals surface area (Å²) in [5.41, 5.74) is 2.66. The molecule has 22 heavy (non-hydrogen) atoms. The molecule has 0 saturated heterocycles. The monoisotopic (exact) mass is 293 g/mol. The molecule has 2 aromatic carbocycles. The predicted molar refractivity (Wildman–Crippen MR) is 84.8 cm³/mol. The number of nitrogens with zero attached hydrogens (tertiary/aromatic N) is 3. The molecule has 1 aromatic heterocycles. The van der Waals surface area contributed by atoms with Crippen LogP contribution in [0.4, 0.5) is 0 Å². The molecule has 1 heterocycles. The maximum Gasteiger partial charge on any atom is 0.478 e.